The maximum absolute atomic E-state index is 12.9. The SMILES string of the molecule is CN(CC(C)(F)F)C1CCN(C(C)(C)C)CC1. The number of halogens is 2. The third kappa shape index (κ3) is 4.88. The quantitative estimate of drug-likeness (QED) is 0.758. The number of piperidine rings is 1. The Hall–Kier alpha value is -0.220. The molecule has 0 aliphatic carbocycles. The molecule has 0 unspecified atom stereocenters. The van der Waals surface area contributed by atoms with E-state index in [1.807, 2.05) is 11.9 Å². The smallest absolute Gasteiger partial charge is 0.257 e. The lowest BCUT2D eigenvalue weighted by molar-refractivity contribution is -0.0293. The predicted molar refractivity (Wildman–Crippen MR) is 67.6 cm³/mol. The molecule has 1 heterocycles. The topological polar surface area (TPSA) is 6.48 Å². The van der Waals surface area contributed by atoms with Crippen molar-refractivity contribution in [2.24, 2.45) is 0 Å². The fourth-order valence-electron chi connectivity index (χ4n) is 2.54. The van der Waals surface area contributed by atoms with Crippen molar-refractivity contribution in [3.63, 3.8) is 0 Å². The molecule has 17 heavy (non-hydrogen) atoms. The number of likely N-dealkylation sites (tertiary alicyclic amines) is 1. The summed E-state index contributed by atoms with van der Waals surface area (Å²) in [6.07, 6.45) is 1.98. The number of hydrogen-bond donors (Lipinski definition) is 0. The highest BCUT2D eigenvalue weighted by atomic mass is 19.3. The van der Waals surface area contributed by atoms with Gasteiger partial charge in [-0.1, -0.05) is 0 Å². The van der Waals surface area contributed by atoms with Gasteiger partial charge in [-0.05, 0) is 40.7 Å². The fourth-order valence-corrected chi connectivity index (χ4v) is 2.54. The minimum atomic E-state index is -2.59. The van der Waals surface area contributed by atoms with E-state index >= 15 is 0 Å². The van der Waals surface area contributed by atoms with Crippen LogP contribution in [0.4, 0.5) is 8.78 Å². The van der Waals surface area contributed by atoms with Crippen molar-refractivity contribution in [3.05, 3.63) is 0 Å². The molecule has 0 aromatic heterocycles. The van der Waals surface area contributed by atoms with Crippen LogP contribution in [0, 0.1) is 0 Å². The van der Waals surface area contributed by atoms with Crippen LogP contribution < -0.4 is 0 Å². The molecule has 102 valence electrons. The van der Waals surface area contributed by atoms with Gasteiger partial charge >= 0.3 is 0 Å². The zero-order valence-electron chi connectivity index (χ0n) is 11.8. The van der Waals surface area contributed by atoms with E-state index < -0.39 is 5.92 Å². The summed E-state index contributed by atoms with van der Waals surface area (Å²) in [6, 6.07) is 0.305. The van der Waals surface area contributed by atoms with Gasteiger partial charge in [0.25, 0.3) is 5.92 Å². The highest BCUT2D eigenvalue weighted by Gasteiger charge is 2.31. The van der Waals surface area contributed by atoms with Gasteiger partial charge in [0.2, 0.25) is 0 Å². The summed E-state index contributed by atoms with van der Waals surface area (Å²) in [4.78, 5) is 4.25. The second-order valence-electron chi connectivity index (χ2n) is 6.37. The molecule has 0 radical (unpaired) electrons. The van der Waals surface area contributed by atoms with Crippen LogP contribution in [0.15, 0.2) is 0 Å². The van der Waals surface area contributed by atoms with Gasteiger partial charge in [0, 0.05) is 31.6 Å². The van der Waals surface area contributed by atoms with Crippen LogP contribution in [-0.2, 0) is 0 Å². The Morgan fingerprint density at radius 2 is 1.59 bits per heavy atom. The van der Waals surface area contributed by atoms with Gasteiger partial charge in [-0.2, -0.15) is 0 Å². The molecule has 1 fully saturated rings. The first-order chi connectivity index (χ1) is 7.59. The van der Waals surface area contributed by atoms with Crippen molar-refractivity contribution in [3.8, 4) is 0 Å². The molecule has 2 nitrogen and oxygen atoms in total. The molecular weight excluding hydrogens is 222 g/mol. The highest BCUT2D eigenvalue weighted by Crippen LogP contribution is 2.24. The Morgan fingerprint density at radius 3 is 1.94 bits per heavy atom. The third-order valence-electron chi connectivity index (χ3n) is 3.56. The molecule has 0 aromatic rings. The Bertz CT molecular complexity index is 235. The summed E-state index contributed by atoms with van der Waals surface area (Å²) in [5.41, 5.74) is 0.193. The number of rotatable bonds is 3. The first kappa shape index (κ1) is 14.8. The fraction of sp³-hybridized carbons (Fsp3) is 1.00. The summed E-state index contributed by atoms with van der Waals surface area (Å²) in [5.74, 6) is -2.59. The molecule has 1 aliphatic rings. The lowest BCUT2D eigenvalue weighted by Gasteiger charge is -2.43. The average molecular weight is 248 g/mol. The molecule has 1 aliphatic heterocycles. The second-order valence-corrected chi connectivity index (χ2v) is 6.37. The number of nitrogens with zero attached hydrogens (tertiary/aromatic N) is 2. The van der Waals surface area contributed by atoms with Crippen molar-refractivity contribution in [1.29, 1.82) is 0 Å². The standard InChI is InChI=1S/C13H26F2N2/c1-12(2,3)17-8-6-11(7-9-17)16(5)10-13(4,14)15/h11H,6-10H2,1-5H3. The zero-order chi connectivity index (χ0) is 13.3. The largest absolute Gasteiger partial charge is 0.298 e. The van der Waals surface area contributed by atoms with Crippen LogP contribution in [0.5, 0.6) is 0 Å². The molecule has 4 heteroatoms. The second kappa shape index (κ2) is 5.19. The molecular formula is C13H26F2N2. The van der Waals surface area contributed by atoms with Gasteiger partial charge in [-0.15, -0.1) is 0 Å². The Morgan fingerprint density at radius 1 is 1.12 bits per heavy atom. The van der Waals surface area contributed by atoms with Crippen LogP contribution >= 0.6 is 0 Å². The van der Waals surface area contributed by atoms with Crippen molar-refractivity contribution in [2.45, 2.75) is 58.0 Å². The van der Waals surface area contributed by atoms with Gasteiger partial charge in [0.1, 0.15) is 0 Å². The zero-order valence-corrected chi connectivity index (χ0v) is 11.8. The predicted octanol–water partition coefficient (Wildman–Crippen LogP) is 2.84. The molecule has 0 bridgehead atoms. The van der Waals surface area contributed by atoms with Crippen LogP contribution in [0.25, 0.3) is 0 Å². The van der Waals surface area contributed by atoms with Crippen molar-refractivity contribution >= 4 is 0 Å². The minimum absolute atomic E-state index is 0.132. The molecule has 1 rings (SSSR count). The monoisotopic (exact) mass is 248 g/mol. The Balaban J connectivity index is 2.42. The molecule has 0 aromatic carbocycles. The van der Waals surface area contributed by atoms with E-state index in [2.05, 4.69) is 25.7 Å². The summed E-state index contributed by atoms with van der Waals surface area (Å²) in [6.45, 7) is 9.49. The Labute approximate surface area is 104 Å². The molecule has 0 atom stereocenters. The first-order valence-electron chi connectivity index (χ1n) is 6.43. The van der Waals surface area contributed by atoms with Crippen LogP contribution in [-0.4, -0.2) is 54.0 Å². The van der Waals surface area contributed by atoms with Gasteiger partial charge in [0.15, 0.2) is 0 Å². The van der Waals surface area contributed by atoms with Gasteiger partial charge in [-0.25, -0.2) is 8.78 Å². The van der Waals surface area contributed by atoms with Crippen molar-refractivity contribution < 1.29 is 8.78 Å². The maximum Gasteiger partial charge on any atom is 0.257 e. The van der Waals surface area contributed by atoms with E-state index in [0.717, 1.165) is 32.9 Å². The maximum atomic E-state index is 12.9. The molecule has 0 saturated carbocycles. The van der Waals surface area contributed by atoms with E-state index in [1.165, 1.54) is 0 Å². The minimum Gasteiger partial charge on any atom is -0.298 e. The van der Waals surface area contributed by atoms with Gasteiger partial charge in [-0.3, -0.25) is 9.80 Å². The molecule has 0 N–H and O–H groups in total. The van der Waals surface area contributed by atoms with Gasteiger partial charge < -0.3 is 0 Å². The summed E-state index contributed by atoms with van der Waals surface area (Å²) in [5, 5.41) is 0. The van der Waals surface area contributed by atoms with E-state index in [0.29, 0.717) is 6.04 Å². The van der Waals surface area contributed by atoms with E-state index in [1.54, 1.807) is 0 Å². The summed E-state index contributed by atoms with van der Waals surface area (Å²) < 4.78 is 25.9. The van der Waals surface area contributed by atoms with Gasteiger partial charge in [0.05, 0.1) is 6.54 Å². The molecule has 0 spiro atoms. The number of hydrogen-bond acceptors (Lipinski definition) is 2. The average Bonchev–Trinajstić information content (AvgIpc) is 2.14. The molecule has 0 amide bonds. The first-order valence-corrected chi connectivity index (χ1v) is 6.43. The van der Waals surface area contributed by atoms with E-state index in [-0.39, 0.29) is 12.1 Å². The van der Waals surface area contributed by atoms with Crippen LogP contribution in [0.3, 0.4) is 0 Å². The summed E-state index contributed by atoms with van der Waals surface area (Å²) >= 11 is 0. The lowest BCUT2D eigenvalue weighted by atomic mass is 9.97. The van der Waals surface area contributed by atoms with Crippen LogP contribution in [0.1, 0.15) is 40.5 Å². The van der Waals surface area contributed by atoms with E-state index in [4.69, 9.17) is 0 Å². The normalized spacial score (nSPS) is 21.2. The third-order valence-corrected chi connectivity index (χ3v) is 3.56. The highest BCUT2D eigenvalue weighted by molar-refractivity contribution is 4.85. The lowest BCUT2D eigenvalue weighted by Crippen LogP contribution is -2.51. The molecule has 1 saturated heterocycles. The number of alkyl halides is 2. The van der Waals surface area contributed by atoms with Crippen LogP contribution in [0.2, 0.25) is 0 Å². The Kier molecular flexibility index (Phi) is 4.53. The van der Waals surface area contributed by atoms with Crippen molar-refractivity contribution in [2.75, 3.05) is 26.7 Å². The summed E-state index contributed by atoms with van der Waals surface area (Å²) in [7, 11) is 1.81. The van der Waals surface area contributed by atoms with Crippen molar-refractivity contribution in [1.82, 2.24) is 9.80 Å². The van der Waals surface area contributed by atoms with E-state index in [9.17, 15) is 8.78 Å².